The van der Waals surface area contributed by atoms with Crippen molar-refractivity contribution in [2.75, 3.05) is 6.61 Å². The summed E-state index contributed by atoms with van der Waals surface area (Å²) in [6.45, 7) is 5.07. The largest absolute Gasteiger partial charge is 0.462 e. The standard InChI is InChI=1S/C24H25NO5/c1-4-30-22(27)20-21(19-12-10-16(2)11-13-19)25(15-18-8-6-5-7-9-18)23(28)24(20,29)14-17(3)26/h5-13,29H,4,14-15H2,1-3H3. The lowest BCUT2D eigenvalue weighted by Crippen LogP contribution is -2.45. The smallest absolute Gasteiger partial charge is 0.339 e. The third-order valence-electron chi connectivity index (χ3n) is 5.01. The van der Waals surface area contributed by atoms with Crippen LogP contribution in [0, 0.1) is 6.92 Å². The molecule has 1 atom stereocenters. The molecule has 0 spiro atoms. The lowest BCUT2D eigenvalue weighted by molar-refractivity contribution is -0.150. The van der Waals surface area contributed by atoms with Gasteiger partial charge in [0.15, 0.2) is 5.60 Å². The number of aliphatic hydroxyl groups is 1. The molecule has 1 unspecified atom stereocenters. The summed E-state index contributed by atoms with van der Waals surface area (Å²) in [5.41, 5.74) is 0.233. The van der Waals surface area contributed by atoms with Gasteiger partial charge in [0.2, 0.25) is 0 Å². The summed E-state index contributed by atoms with van der Waals surface area (Å²) in [7, 11) is 0. The highest BCUT2D eigenvalue weighted by Gasteiger charge is 2.55. The first-order valence-electron chi connectivity index (χ1n) is 9.84. The Morgan fingerprint density at radius 2 is 1.70 bits per heavy atom. The summed E-state index contributed by atoms with van der Waals surface area (Å²) in [6.07, 6.45) is -0.499. The highest BCUT2D eigenvalue weighted by molar-refractivity contribution is 6.16. The van der Waals surface area contributed by atoms with Crippen molar-refractivity contribution in [2.24, 2.45) is 0 Å². The SMILES string of the molecule is CCOC(=O)C1=C(c2ccc(C)cc2)N(Cc2ccccc2)C(=O)C1(O)CC(C)=O. The molecule has 1 aliphatic rings. The van der Waals surface area contributed by atoms with Gasteiger partial charge >= 0.3 is 5.97 Å². The summed E-state index contributed by atoms with van der Waals surface area (Å²) in [5.74, 6) is -1.92. The van der Waals surface area contributed by atoms with Gasteiger partial charge in [-0.15, -0.1) is 0 Å². The molecule has 6 heteroatoms. The highest BCUT2D eigenvalue weighted by Crippen LogP contribution is 2.42. The Balaban J connectivity index is 2.23. The molecule has 2 aromatic rings. The van der Waals surface area contributed by atoms with Crippen LogP contribution in [-0.2, 0) is 25.7 Å². The van der Waals surface area contributed by atoms with Crippen LogP contribution in [0.3, 0.4) is 0 Å². The van der Waals surface area contributed by atoms with Gasteiger partial charge in [0.1, 0.15) is 11.4 Å². The van der Waals surface area contributed by atoms with E-state index in [1.807, 2.05) is 49.4 Å². The lowest BCUT2D eigenvalue weighted by atomic mass is 9.88. The third kappa shape index (κ3) is 4.04. The van der Waals surface area contributed by atoms with Crippen molar-refractivity contribution in [3.8, 4) is 0 Å². The molecule has 1 heterocycles. The van der Waals surface area contributed by atoms with Crippen LogP contribution >= 0.6 is 0 Å². The van der Waals surface area contributed by atoms with E-state index in [1.165, 1.54) is 11.8 Å². The van der Waals surface area contributed by atoms with Crippen molar-refractivity contribution in [1.82, 2.24) is 4.90 Å². The quantitative estimate of drug-likeness (QED) is 0.714. The van der Waals surface area contributed by atoms with E-state index in [0.717, 1.165) is 11.1 Å². The number of carbonyl (C=O) groups excluding carboxylic acids is 3. The number of rotatable bonds is 7. The van der Waals surface area contributed by atoms with Gasteiger partial charge in [-0.25, -0.2) is 4.79 Å². The van der Waals surface area contributed by atoms with E-state index in [9.17, 15) is 19.5 Å². The van der Waals surface area contributed by atoms with Gasteiger partial charge in [0.05, 0.1) is 18.8 Å². The second kappa shape index (κ2) is 8.63. The number of esters is 1. The molecule has 0 bridgehead atoms. The van der Waals surface area contributed by atoms with E-state index in [-0.39, 0.29) is 24.4 Å². The summed E-state index contributed by atoms with van der Waals surface area (Å²) >= 11 is 0. The first-order chi connectivity index (χ1) is 14.3. The van der Waals surface area contributed by atoms with Crippen molar-refractivity contribution in [1.29, 1.82) is 0 Å². The molecule has 0 aliphatic carbocycles. The summed E-state index contributed by atoms with van der Waals surface area (Å²) in [4.78, 5) is 39.6. The van der Waals surface area contributed by atoms with Crippen molar-refractivity contribution in [3.05, 3.63) is 76.9 Å². The Bertz CT molecular complexity index is 994. The molecule has 3 rings (SSSR count). The van der Waals surface area contributed by atoms with Crippen molar-refractivity contribution < 1.29 is 24.2 Å². The van der Waals surface area contributed by atoms with Crippen LogP contribution in [-0.4, -0.2) is 39.9 Å². The fourth-order valence-corrected chi connectivity index (χ4v) is 3.68. The average molecular weight is 407 g/mol. The number of hydrogen-bond donors (Lipinski definition) is 1. The molecule has 0 saturated carbocycles. The average Bonchev–Trinajstić information content (AvgIpc) is 2.90. The molecular weight excluding hydrogens is 382 g/mol. The number of ether oxygens (including phenoxy) is 1. The number of amides is 1. The van der Waals surface area contributed by atoms with E-state index in [2.05, 4.69) is 0 Å². The Morgan fingerprint density at radius 1 is 1.07 bits per heavy atom. The third-order valence-corrected chi connectivity index (χ3v) is 5.01. The van der Waals surface area contributed by atoms with Crippen LogP contribution in [0.2, 0.25) is 0 Å². The molecule has 1 aliphatic heterocycles. The van der Waals surface area contributed by atoms with E-state index in [4.69, 9.17) is 4.74 Å². The maximum atomic E-state index is 13.4. The van der Waals surface area contributed by atoms with Crippen LogP contribution in [0.1, 0.15) is 37.0 Å². The van der Waals surface area contributed by atoms with E-state index < -0.39 is 29.7 Å². The van der Waals surface area contributed by atoms with Gasteiger partial charge in [-0.1, -0.05) is 60.2 Å². The van der Waals surface area contributed by atoms with Gasteiger partial charge in [-0.3, -0.25) is 9.59 Å². The predicted molar refractivity (Wildman–Crippen MR) is 112 cm³/mol. The monoisotopic (exact) mass is 407 g/mol. The number of benzene rings is 2. The molecule has 0 radical (unpaired) electrons. The minimum atomic E-state index is -2.27. The molecular formula is C24H25NO5. The van der Waals surface area contributed by atoms with Crippen LogP contribution in [0.15, 0.2) is 60.2 Å². The maximum Gasteiger partial charge on any atom is 0.339 e. The Labute approximate surface area is 175 Å². The summed E-state index contributed by atoms with van der Waals surface area (Å²) in [5, 5.41) is 11.4. The zero-order valence-electron chi connectivity index (χ0n) is 17.3. The minimum Gasteiger partial charge on any atom is -0.462 e. The second-order valence-corrected chi connectivity index (χ2v) is 7.43. The molecule has 0 fully saturated rings. The Kier molecular flexibility index (Phi) is 6.17. The van der Waals surface area contributed by atoms with Gasteiger partial charge in [0, 0.05) is 6.42 Å². The van der Waals surface area contributed by atoms with Gasteiger partial charge < -0.3 is 14.7 Å². The number of aryl methyl sites for hydroxylation is 1. The van der Waals surface area contributed by atoms with E-state index in [0.29, 0.717) is 5.56 Å². The zero-order chi connectivity index (χ0) is 21.9. The fourth-order valence-electron chi connectivity index (χ4n) is 3.68. The lowest BCUT2D eigenvalue weighted by Gasteiger charge is -2.24. The fraction of sp³-hybridized carbons (Fsp3) is 0.292. The van der Waals surface area contributed by atoms with Gasteiger partial charge in [-0.05, 0) is 31.9 Å². The summed E-state index contributed by atoms with van der Waals surface area (Å²) < 4.78 is 5.18. The van der Waals surface area contributed by atoms with Crippen LogP contribution < -0.4 is 0 Å². The molecule has 0 aromatic heterocycles. The molecule has 6 nitrogen and oxygen atoms in total. The van der Waals surface area contributed by atoms with Crippen LogP contribution in [0.25, 0.3) is 5.70 Å². The number of hydrogen-bond acceptors (Lipinski definition) is 5. The second-order valence-electron chi connectivity index (χ2n) is 7.43. The topological polar surface area (TPSA) is 83.9 Å². The van der Waals surface area contributed by atoms with Crippen LogP contribution in [0.5, 0.6) is 0 Å². The van der Waals surface area contributed by atoms with Crippen LogP contribution in [0.4, 0.5) is 0 Å². The van der Waals surface area contributed by atoms with Gasteiger partial charge in [-0.2, -0.15) is 0 Å². The number of carbonyl (C=O) groups is 3. The number of ketones is 1. The van der Waals surface area contributed by atoms with Crippen molar-refractivity contribution >= 4 is 23.4 Å². The molecule has 1 amide bonds. The number of Topliss-reactive ketones (excluding diaryl/α,β-unsaturated/α-hetero) is 1. The molecule has 156 valence electrons. The molecule has 0 saturated heterocycles. The Morgan fingerprint density at radius 3 is 2.27 bits per heavy atom. The summed E-state index contributed by atoms with van der Waals surface area (Å²) in [6, 6.07) is 16.6. The van der Waals surface area contributed by atoms with E-state index >= 15 is 0 Å². The number of nitrogens with zero attached hydrogens (tertiary/aromatic N) is 1. The van der Waals surface area contributed by atoms with Crippen molar-refractivity contribution in [2.45, 2.75) is 39.3 Å². The molecule has 2 aromatic carbocycles. The molecule has 1 N–H and O–H groups in total. The maximum absolute atomic E-state index is 13.4. The molecule has 30 heavy (non-hydrogen) atoms. The first-order valence-corrected chi connectivity index (χ1v) is 9.84. The highest BCUT2D eigenvalue weighted by atomic mass is 16.5. The zero-order valence-corrected chi connectivity index (χ0v) is 17.3. The van der Waals surface area contributed by atoms with E-state index in [1.54, 1.807) is 19.1 Å². The normalized spacial score (nSPS) is 18.7. The minimum absolute atomic E-state index is 0.0759. The first kappa shape index (κ1) is 21.5. The predicted octanol–water partition coefficient (Wildman–Crippen LogP) is 3.02. The Hall–Kier alpha value is -3.25. The van der Waals surface area contributed by atoms with Gasteiger partial charge in [0.25, 0.3) is 5.91 Å². The van der Waals surface area contributed by atoms with Crippen molar-refractivity contribution in [3.63, 3.8) is 0 Å².